The molecule has 0 fully saturated rings. The number of hydrogen-bond donors (Lipinski definition) is 2. The zero-order valence-corrected chi connectivity index (χ0v) is 6.98. The fourth-order valence-electron chi connectivity index (χ4n) is 0.884. The third-order valence-electron chi connectivity index (χ3n) is 1.43. The lowest BCUT2D eigenvalue weighted by Crippen LogP contribution is -2.04. The molecule has 0 aromatic carbocycles. The van der Waals surface area contributed by atoms with Crippen LogP contribution in [0, 0.1) is 0 Å². The van der Waals surface area contributed by atoms with Crippen molar-refractivity contribution in [3.63, 3.8) is 0 Å². The molecule has 7 heteroatoms. The van der Waals surface area contributed by atoms with Gasteiger partial charge in [0.05, 0.1) is 12.7 Å². The van der Waals surface area contributed by atoms with Crippen LogP contribution in [-0.4, -0.2) is 32.7 Å². The normalized spacial score (nSPS) is 10.5. The summed E-state index contributed by atoms with van der Waals surface area (Å²) in [7, 11) is 1.81. The van der Waals surface area contributed by atoms with Gasteiger partial charge in [-0.05, 0) is 7.05 Å². The molecule has 0 aliphatic carbocycles. The van der Waals surface area contributed by atoms with Gasteiger partial charge in [-0.15, -0.1) is 10.2 Å². The van der Waals surface area contributed by atoms with E-state index in [1.807, 2.05) is 0 Å². The van der Waals surface area contributed by atoms with Gasteiger partial charge in [-0.2, -0.15) is 15.4 Å². The predicted octanol–water partition coefficient (Wildman–Crippen LogP) is -0.426. The van der Waals surface area contributed by atoms with Crippen LogP contribution in [0.2, 0.25) is 0 Å². The van der Waals surface area contributed by atoms with Crippen molar-refractivity contribution in [2.45, 2.75) is 6.54 Å². The maximum Gasteiger partial charge on any atom is 0.269 e. The largest absolute Gasteiger partial charge is 0.418 e. The smallest absolute Gasteiger partial charge is 0.269 e. The summed E-state index contributed by atoms with van der Waals surface area (Å²) in [6, 6.07) is 0. The van der Waals surface area contributed by atoms with Crippen molar-refractivity contribution in [3.8, 4) is 11.6 Å². The van der Waals surface area contributed by atoms with Gasteiger partial charge in [0.1, 0.15) is 0 Å². The Morgan fingerprint density at radius 3 is 3.15 bits per heavy atom. The molecule has 2 aromatic heterocycles. The summed E-state index contributed by atoms with van der Waals surface area (Å²) in [5.41, 5.74) is 0.551. The average Bonchev–Trinajstić information content (AvgIpc) is 2.70. The van der Waals surface area contributed by atoms with E-state index < -0.39 is 0 Å². The molecule has 0 spiro atoms. The minimum absolute atomic E-state index is 0.374. The zero-order chi connectivity index (χ0) is 9.10. The molecule has 0 amide bonds. The lowest BCUT2D eigenvalue weighted by atomic mass is 10.5. The third-order valence-corrected chi connectivity index (χ3v) is 1.43. The Labute approximate surface area is 73.6 Å². The van der Waals surface area contributed by atoms with Gasteiger partial charge in [-0.3, -0.25) is 0 Å². The highest BCUT2D eigenvalue weighted by molar-refractivity contribution is 5.42. The number of rotatable bonds is 3. The maximum atomic E-state index is 5.26. The lowest BCUT2D eigenvalue weighted by molar-refractivity contribution is 0.489. The van der Waals surface area contributed by atoms with Crippen LogP contribution in [0.1, 0.15) is 5.89 Å². The molecule has 2 heterocycles. The van der Waals surface area contributed by atoms with Crippen LogP contribution in [0.3, 0.4) is 0 Å². The molecule has 0 atom stereocenters. The quantitative estimate of drug-likeness (QED) is 0.666. The molecule has 0 unspecified atom stereocenters. The summed E-state index contributed by atoms with van der Waals surface area (Å²) in [5, 5.41) is 20.4. The van der Waals surface area contributed by atoms with Crippen molar-refractivity contribution >= 4 is 0 Å². The number of nitrogens with zero attached hydrogens (tertiary/aromatic N) is 4. The predicted molar refractivity (Wildman–Crippen MR) is 42.4 cm³/mol. The fourth-order valence-corrected chi connectivity index (χ4v) is 0.884. The van der Waals surface area contributed by atoms with Gasteiger partial charge in [-0.25, -0.2) is 0 Å². The van der Waals surface area contributed by atoms with Gasteiger partial charge in [0.2, 0.25) is 5.89 Å². The van der Waals surface area contributed by atoms with Crippen LogP contribution in [0.4, 0.5) is 0 Å². The molecule has 0 saturated carbocycles. The molecule has 7 nitrogen and oxygen atoms in total. The van der Waals surface area contributed by atoms with Crippen molar-refractivity contribution < 1.29 is 4.42 Å². The summed E-state index contributed by atoms with van der Waals surface area (Å²) in [6.07, 6.45) is 1.52. The Balaban J connectivity index is 2.23. The first-order chi connectivity index (χ1) is 6.40. The van der Waals surface area contributed by atoms with Crippen molar-refractivity contribution in [2.75, 3.05) is 7.05 Å². The van der Waals surface area contributed by atoms with E-state index in [9.17, 15) is 0 Å². The van der Waals surface area contributed by atoms with Crippen LogP contribution in [0.5, 0.6) is 0 Å². The first-order valence-corrected chi connectivity index (χ1v) is 3.73. The van der Waals surface area contributed by atoms with E-state index in [0.29, 0.717) is 24.0 Å². The lowest BCUT2D eigenvalue weighted by Gasteiger charge is -1.88. The Bertz CT molecular complexity index is 366. The standard InChI is InChI=1S/C6H8N6O/c1-7-3-5-10-11-6(13-5)4-2-8-12-9-4/h2,7H,3H2,1H3,(H,8,9,12). The Kier molecular flexibility index (Phi) is 2.01. The van der Waals surface area contributed by atoms with Crippen molar-refractivity contribution in [2.24, 2.45) is 0 Å². The molecule has 2 aromatic rings. The van der Waals surface area contributed by atoms with Crippen LogP contribution in [0.15, 0.2) is 10.6 Å². The first-order valence-electron chi connectivity index (χ1n) is 3.73. The van der Waals surface area contributed by atoms with Gasteiger partial charge in [0, 0.05) is 0 Å². The average molecular weight is 180 g/mol. The van der Waals surface area contributed by atoms with E-state index in [2.05, 4.69) is 30.9 Å². The second kappa shape index (κ2) is 3.31. The van der Waals surface area contributed by atoms with Gasteiger partial charge < -0.3 is 9.73 Å². The van der Waals surface area contributed by atoms with E-state index in [1.54, 1.807) is 7.05 Å². The fraction of sp³-hybridized carbons (Fsp3) is 0.333. The molecule has 0 radical (unpaired) electrons. The summed E-state index contributed by atoms with van der Waals surface area (Å²) in [5.74, 6) is 0.902. The molecule has 2 N–H and O–H groups in total. The van der Waals surface area contributed by atoms with Gasteiger partial charge >= 0.3 is 0 Å². The Morgan fingerprint density at radius 2 is 2.46 bits per heavy atom. The minimum atomic E-state index is 0.374. The molecular formula is C6H8N6O. The third kappa shape index (κ3) is 1.54. The van der Waals surface area contributed by atoms with Crippen LogP contribution in [-0.2, 0) is 6.54 Å². The van der Waals surface area contributed by atoms with Crippen LogP contribution < -0.4 is 5.32 Å². The number of nitrogens with one attached hydrogen (secondary N) is 2. The van der Waals surface area contributed by atoms with Crippen LogP contribution >= 0.6 is 0 Å². The minimum Gasteiger partial charge on any atom is -0.418 e. The second-order valence-electron chi connectivity index (χ2n) is 2.39. The van der Waals surface area contributed by atoms with Gasteiger partial charge in [-0.1, -0.05) is 0 Å². The zero-order valence-electron chi connectivity index (χ0n) is 6.98. The summed E-state index contributed by atoms with van der Waals surface area (Å²) < 4.78 is 5.26. The highest BCUT2D eigenvalue weighted by atomic mass is 16.4. The van der Waals surface area contributed by atoms with E-state index in [0.717, 1.165) is 0 Å². The SMILES string of the molecule is CNCc1nnc(-c2cn[nH]n2)o1. The van der Waals surface area contributed by atoms with Crippen molar-refractivity contribution in [1.29, 1.82) is 0 Å². The van der Waals surface area contributed by atoms with E-state index in [4.69, 9.17) is 4.42 Å². The first kappa shape index (κ1) is 7.87. The second-order valence-corrected chi connectivity index (χ2v) is 2.39. The molecule has 0 bridgehead atoms. The monoisotopic (exact) mass is 180 g/mol. The number of aromatic amines is 1. The topological polar surface area (TPSA) is 92.5 Å². The number of H-pyrrole nitrogens is 1. The van der Waals surface area contributed by atoms with E-state index >= 15 is 0 Å². The Hall–Kier alpha value is -1.76. The summed E-state index contributed by atoms with van der Waals surface area (Å²) in [4.78, 5) is 0. The van der Waals surface area contributed by atoms with Gasteiger partial charge in [0.15, 0.2) is 5.69 Å². The molecule has 2 rings (SSSR count). The summed E-state index contributed by atoms with van der Waals surface area (Å²) in [6.45, 7) is 0.546. The highest BCUT2D eigenvalue weighted by Gasteiger charge is 2.09. The van der Waals surface area contributed by atoms with Crippen LogP contribution in [0.25, 0.3) is 11.6 Å². The molecule has 0 aliphatic heterocycles. The number of aromatic nitrogens is 5. The van der Waals surface area contributed by atoms with E-state index in [-0.39, 0.29) is 0 Å². The Morgan fingerprint density at radius 1 is 1.54 bits per heavy atom. The van der Waals surface area contributed by atoms with Crippen molar-refractivity contribution in [1.82, 2.24) is 30.9 Å². The molecule has 0 saturated heterocycles. The van der Waals surface area contributed by atoms with E-state index in [1.165, 1.54) is 6.20 Å². The molecule has 68 valence electrons. The number of hydrogen-bond acceptors (Lipinski definition) is 6. The molecular weight excluding hydrogens is 172 g/mol. The van der Waals surface area contributed by atoms with Crippen molar-refractivity contribution in [3.05, 3.63) is 12.1 Å². The highest BCUT2D eigenvalue weighted by Crippen LogP contribution is 2.12. The summed E-state index contributed by atoms with van der Waals surface area (Å²) >= 11 is 0. The van der Waals surface area contributed by atoms with Gasteiger partial charge in [0.25, 0.3) is 5.89 Å². The maximum absolute atomic E-state index is 5.26. The molecule has 0 aliphatic rings. The molecule has 13 heavy (non-hydrogen) atoms.